The van der Waals surface area contributed by atoms with Crippen LogP contribution in [0.4, 0.5) is 5.69 Å². The summed E-state index contributed by atoms with van der Waals surface area (Å²) in [5, 5.41) is 0. The van der Waals surface area contributed by atoms with Gasteiger partial charge in [0.15, 0.2) is 4.90 Å². The first-order valence-corrected chi connectivity index (χ1v) is 7.60. The molecule has 0 saturated carbocycles. The molecule has 0 bridgehead atoms. The summed E-state index contributed by atoms with van der Waals surface area (Å²) in [7, 11) is -3.93. The quantitative estimate of drug-likeness (QED) is 0.679. The zero-order chi connectivity index (χ0) is 15.0. The number of imidazole rings is 1. The van der Waals surface area contributed by atoms with Crippen LogP contribution in [0.2, 0.25) is 0 Å². The van der Waals surface area contributed by atoms with E-state index in [-0.39, 0.29) is 4.90 Å². The fraction of sp³-hybridized carbons (Fsp3) is 0.0769. The zero-order valence-electron chi connectivity index (χ0n) is 11.0. The van der Waals surface area contributed by atoms with Crippen LogP contribution in [-0.4, -0.2) is 23.4 Å². The third kappa shape index (κ3) is 2.52. The SMILES string of the molecule is Cc1nc2ccc(NS(=O)(=O)c3c[nH]ccc3=O)cc2[nH]1. The van der Waals surface area contributed by atoms with Gasteiger partial charge in [0.05, 0.1) is 16.7 Å². The number of anilines is 1. The standard InChI is InChI=1S/C13H12N4O3S/c1-8-15-10-3-2-9(6-11(10)16-8)17-21(19,20)13-7-14-5-4-12(13)18/h2-7,17H,1H3,(H,14,18)(H,15,16). The van der Waals surface area contributed by atoms with E-state index in [2.05, 4.69) is 19.7 Å². The van der Waals surface area contributed by atoms with Gasteiger partial charge in [0, 0.05) is 18.5 Å². The molecule has 21 heavy (non-hydrogen) atoms. The first-order chi connectivity index (χ1) is 9.95. The number of sulfonamides is 1. The Morgan fingerprint density at radius 3 is 2.81 bits per heavy atom. The molecule has 0 aliphatic rings. The minimum atomic E-state index is -3.93. The van der Waals surface area contributed by atoms with Gasteiger partial charge in [0.1, 0.15) is 5.82 Å². The van der Waals surface area contributed by atoms with Crippen LogP contribution < -0.4 is 10.2 Å². The van der Waals surface area contributed by atoms with Crippen molar-refractivity contribution in [1.82, 2.24) is 15.0 Å². The maximum Gasteiger partial charge on any atom is 0.267 e. The molecule has 8 heteroatoms. The normalized spacial score (nSPS) is 11.7. The number of nitrogens with one attached hydrogen (secondary N) is 3. The number of pyridine rings is 1. The highest BCUT2D eigenvalue weighted by atomic mass is 32.2. The number of hydrogen-bond acceptors (Lipinski definition) is 4. The predicted molar refractivity (Wildman–Crippen MR) is 78.7 cm³/mol. The van der Waals surface area contributed by atoms with E-state index in [1.807, 2.05) is 6.92 Å². The van der Waals surface area contributed by atoms with Gasteiger partial charge < -0.3 is 9.97 Å². The van der Waals surface area contributed by atoms with E-state index in [9.17, 15) is 13.2 Å². The van der Waals surface area contributed by atoms with E-state index in [0.717, 1.165) is 29.1 Å². The Bertz CT molecular complexity index is 972. The van der Waals surface area contributed by atoms with E-state index < -0.39 is 15.5 Å². The Labute approximate surface area is 120 Å². The molecule has 3 rings (SSSR count). The van der Waals surface area contributed by atoms with Crippen molar-refractivity contribution in [2.24, 2.45) is 0 Å². The number of hydrogen-bond donors (Lipinski definition) is 3. The summed E-state index contributed by atoms with van der Waals surface area (Å²) in [5.41, 5.74) is 1.25. The minimum Gasteiger partial charge on any atom is -0.366 e. The highest BCUT2D eigenvalue weighted by molar-refractivity contribution is 7.92. The first-order valence-electron chi connectivity index (χ1n) is 6.12. The highest BCUT2D eigenvalue weighted by Gasteiger charge is 2.18. The molecule has 1 aromatic carbocycles. The lowest BCUT2D eigenvalue weighted by atomic mass is 10.3. The van der Waals surface area contributed by atoms with Crippen molar-refractivity contribution in [3.8, 4) is 0 Å². The zero-order valence-corrected chi connectivity index (χ0v) is 11.9. The van der Waals surface area contributed by atoms with E-state index in [0.29, 0.717) is 5.69 Å². The number of aromatic amines is 2. The molecular weight excluding hydrogens is 292 g/mol. The molecule has 0 radical (unpaired) electrons. The van der Waals surface area contributed by atoms with E-state index in [1.54, 1.807) is 18.2 Å². The molecule has 0 amide bonds. The van der Waals surface area contributed by atoms with Crippen LogP contribution in [0.15, 0.2) is 46.3 Å². The Morgan fingerprint density at radius 2 is 2.05 bits per heavy atom. The van der Waals surface area contributed by atoms with Crippen LogP contribution in [0.5, 0.6) is 0 Å². The van der Waals surface area contributed by atoms with Crippen molar-refractivity contribution in [1.29, 1.82) is 0 Å². The molecule has 0 spiro atoms. The smallest absolute Gasteiger partial charge is 0.267 e. The summed E-state index contributed by atoms with van der Waals surface area (Å²) in [4.78, 5) is 21.1. The summed E-state index contributed by atoms with van der Waals surface area (Å²) >= 11 is 0. The van der Waals surface area contributed by atoms with Crippen LogP contribution in [0.25, 0.3) is 11.0 Å². The Morgan fingerprint density at radius 1 is 1.24 bits per heavy atom. The molecule has 0 aliphatic carbocycles. The maximum atomic E-state index is 12.2. The van der Waals surface area contributed by atoms with Crippen LogP contribution >= 0.6 is 0 Å². The van der Waals surface area contributed by atoms with E-state index in [1.165, 1.54) is 6.20 Å². The average Bonchev–Trinajstić information content (AvgIpc) is 2.78. The largest absolute Gasteiger partial charge is 0.366 e. The van der Waals surface area contributed by atoms with Gasteiger partial charge in [-0.2, -0.15) is 0 Å². The number of rotatable bonds is 3. The Kier molecular flexibility index (Phi) is 3.02. The molecule has 0 aliphatic heterocycles. The second kappa shape index (κ2) is 4.74. The summed E-state index contributed by atoms with van der Waals surface area (Å²) < 4.78 is 26.8. The lowest BCUT2D eigenvalue weighted by Crippen LogP contribution is -2.20. The van der Waals surface area contributed by atoms with Crippen molar-refractivity contribution >= 4 is 26.7 Å². The predicted octanol–water partition coefficient (Wildman–Crippen LogP) is 1.36. The van der Waals surface area contributed by atoms with E-state index >= 15 is 0 Å². The Hall–Kier alpha value is -2.61. The van der Waals surface area contributed by atoms with Gasteiger partial charge in [0.2, 0.25) is 5.43 Å². The van der Waals surface area contributed by atoms with Crippen molar-refractivity contribution in [3.05, 3.63) is 52.7 Å². The van der Waals surface area contributed by atoms with Crippen molar-refractivity contribution < 1.29 is 8.42 Å². The molecule has 7 nitrogen and oxygen atoms in total. The molecule has 0 saturated heterocycles. The van der Waals surface area contributed by atoms with Gasteiger partial charge in [0.25, 0.3) is 10.0 Å². The topological polar surface area (TPSA) is 108 Å². The van der Waals surface area contributed by atoms with Crippen molar-refractivity contribution in [2.45, 2.75) is 11.8 Å². The molecule has 3 aromatic rings. The lowest BCUT2D eigenvalue weighted by molar-refractivity contribution is 0.600. The molecule has 3 N–H and O–H groups in total. The summed E-state index contributed by atoms with van der Waals surface area (Å²) in [6.07, 6.45) is 2.53. The summed E-state index contributed by atoms with van der Waals surface area (Å²) in [6.45, 7) is 1.81. The minimum absolute atomic E-state index is 0.328. The molecule has 108 valence electrons. The Balaban J connectivity index is 2.01. The van der Waals surface area contributed by atoms with Crippen molar-refractivity contribution in [2.75, 3.05) is 4.72 Å². The fourth-order valence-electron chi connectivity index (χ4n) is 2.02. The third-order valence-corrected chi connectivity index (χ3v) is 4.33. The molecule has 2 heterocycles. The van der Waals surface area contributed by atoms with Crippen LogP contribution in [-0.2, 0) is 10.0 Å². The molecule has 0 fully saturated rings. The highest BCUT2D eigenvalue weighted by Crippen LogP contribution is 2.19. The summed E-state index contributed by atoms with van der Waals surface area (Å²) in [6, 6.07) is 6.09. The number of aryl methyl sites for hydroxylation is 1. The van der Waals surface area contributed by atoms with Gasteiger partial charge in [-0.05, 0) is 25.1 Å². The van der Waals surface area contributed by atoms with Crippen LogP contribution in [0, 0.1) is 6.92 Å². The van der Waals surface area contributed by atoms with E-state index in [4.69, 9.17) is 0 Å². The third-order valence-electron chi connectivity index (χ3n) is 2.93. The van der Waals surface area contributed by atoms with Gasteiger partial charge in [-0.3, -0.25) is 9.52 Å². The number of fused-ring (bicyclic) bond motifs is 1. The summed E-state index contributed by atoms with van der Waals surface area (Å²) in [5.74, 6) is 0.740. The average molecular weight is 304 g/mol. The second-order valence-electron chi connectivity index (χ2n) is 4.53. The number of benzene rings is 1. The first kappa shape index (κ1) is 13.4. The molecule has 2 aromatic heterocycles. The number of H-pyrrole nitrogens is 2. The molecule has 0 atom stereocenters. The molecule has 0 unspecified atom stereocenters. The van der Waals surface area contributed by atoms with Crippen molar-refractivity contribution in [3.63, 3.8) is 0 Å². The van der Waals surface area contributed by atoms with Gasteiger partial charge >= 0.3 is 0 Å². The van der Waals surface area contributed by atoms with Crippen LogP contribution in [0.1, 0.15) is 5.82 Å². The van der Waals surface area contributed by atoms with Gasteiger partial charge in [-0.25, -0.2) is 13.4 Å². The monoisotopic (exact) mass is 304 g/mol. The maximum absolute atomic E-state index is 12.2. The number of nitrogens with zero attached hydrogens (tertiary/aromatic N) is 1. The molecular formula is C13H12N4O3S. The second-order valence-corrected chi connectivity index (χ2v) is 6.18. The number of aromatic nitrogens is 3. The van der Waals surface area contributed by atoms with Gasteiger partial charge in [-0.1, -0.05) is 0 Å². The van der Waals surface area contributed by atoms with Crippen LogP contribution in [0.3, 0.4) is 0 Å². The fourth-order valence-corrected chi connectivity index (χ4v) is 3.12. The van der Waals surface area contributed by atoms with Gasteiger partial charge in [-0.15, -0.1) is 0 Å². The lowest BCUT2D eigenvalue weighted by Gasteiger charge is -2.07.